The highest BCUT2D eigenvalue weighted by Crippen LogP contribution is 2.32. The van der Waals surface area contributed by atoms with Gasteiger partial charge in [-0.25, -0.2) is 0 Å². The van der Waals surface area contributed by atoms with Gasteiger partial charge < -0.3 is 0 Å². The summed E-state index contributed by atoms with van der Waals surface area (Å²) in [5.41, 5.74) is 0. The van der Waals surface area contributed by atoms with Crippen LogP contribution in [0, 0.1) is 5.92 Å². The molecule has 0 aromatic rings. The second kappa shape index (κ2) is 3.32. The summed E-state index contributed by atoms with van der Waals surface area (Å²) in [7, 11) is 0. The second-order valence-electron chi connectivity index (χ2n) is 3.89. The van der Waals surface area contributed by atoms with Crippen LogP contribution < -0.4 is 0 Å². The number of nitrogens with zero attached hydrogens (tertiary/aromatic N) is 1. The van der Waals surface area contributed by atoms with Gasteiger partial charge in [0.1, 0.15) is 0 Å². The van der Waals surface area contributed by atoms with E-state index in [9.17, 15) is 0 Å². The van der Waals surface area contributed by atoms with Crippen molar-refractivity contribution in [3.8, 4) is 0 Å². The zero-order valence-corrected chi connectivity index (χ0v) is 7.69. The summed E-state index contributed by atoms with van der Waals surface area (Å²) >= 11 is 5.86. The van der Waals surface area contributed by atoms with Crippen molar-refractivity contribution in [2.75, 3.05) is 19.0 Å². The van der Waals surface area contributed by atoms with Crippen molar-refractivity contribution < 1.29 is 0 Å². The molecule has 1 aliphatic carbocycles. The van der Waals surface area contributed by atoms with E-state index < -0.39 is 0 Å². The van der Waals surface area contributed by atoms with E-state index in [-0.39, 0.29) is 0 Å². The van der Waals surface area contributed by atoms with Crippen molar-refractivity contribution in [1.29, 1.82) is 0 Å². The minimum atomic E-state index is 0.706. The third-order valence-corrected chi connectivity index (χ3v) is 3.22. The van der Waals surface area contributed by atoms with Crippen molar-refractivity contribution in [2.24, 2.45) is 5.92 Å². The molecular weight excluding hydrogens is 158 g/mol. The van der Waals surface area contributed by atoms with Gasteiger partial charge in [-0.2, -0.15) is 0 Å². The van der Waals surface area contributed by atoms with Crippen LogP contribution in [0.1, 0.15) is 25.7 Å². The first kappa shape index (κ1) is 7.88. The monoisotopic (exact) mass is 173 g/mol. The maximum Gasteiger partial charge on any atom is 0.0379 e. The van der Waals surface area contributed by atoms with Crippen molar-refractivity contribution >= 4 is 11.6 Å². The quantitative estimate of drug-likeness (QED) is 0.591. The zero-order valence-electron chi connectivity index (χ0n) is 6.93. The first-order valence-corrected chi connectivity index (χ1v) is 5.23. The lowest BCUT2D eigenvalue weighted by atomic mass is 10.2. The average Bonchev–Trinajstić information content (AvgIpc) is 2.68. The Morgan fingerprint density at radius 3 is 2.73 bits per heavy atom. The molecule has 1 saturated heterocycles. The molecule has 0 N–H and O–H groups in total. The third-order valence-electron chi connectivity index (χ3n) is 2.87. The van der Waals surface area contributed by atoms with E-state index in [1.165, 1.54) is 38.8 Å². The fourth-order valence-electron chi connectivity index (χ4n) is 1.94. The van der Waals surface area contributed by atoms with Gasteiger partial charge in [0.2, 0.25) is 0 Å². The Labute approximate surface area is 73.7 Å². The van der Waals surface area contributed by atoms with Crippen molar-refractivity contribution in [1.82, 2.24) is 4.90 Å². The molecule has 2 aliphatic rings. The largest absolute Gasteiger partial charge is 0.299 e. The van der Waals surface area contributed by atoms with Crippen molar-refractivity contribution in [3.05, 3.63) is 0 Å². The molecule has 2 heteroatoms. The molecule has 2 fully saturated rings. The Kier molecular flexibility index (Phi) is 2.38. The highest BCUT2D eigenvalue weighted by Gasteiger charge is 2.30. The van der Waals surface area contributed by atoms with E-state index in [4.69, 9.17) is 11.6 Å². The van der Waals surface area contributed by atoms with Crippen molar-refractivity contribution in [3.63, 3.8) is 0 Å². The molecule has 1 heterocycles. The minimum Gasteiger partial charge on any atom is -0.299 e. The maximum atomic E-state index is 5.86. The summed E-state index contributed by atoms with van der Waals surface area (Å²) < 4.78 is 0. The molecule has 2 rings (SSSR count). The standard InChI is InChI=1S/C9H16ClN/c10-6-9-2-1-5-11(9)7-8-3-4-8/h8-9H,1-7H2/t9-/m0/s1. The summed E-state index contributed by atoms with van der Waals surface area (Å²) in [6.07, 6.45) is 5.62. The van der Waals surface area contributed by atoms with Gasteiger partial charge in [0.15, 0.2) is 0 Å². The van der Waals surface area contributed by atoms with Gasteiger partial charge in [0.05, 0.1) is 0 Å². The van der Waals surface area contributed by atoms with Crippen molar-refractivity contribution in [2.45, 2.75) is 31.7 Å². The van der Waals surface area contributed by atoms with Gasteiger partial charge in [0, 0.05) is 18.5 Å². The zero-order chi connectivity index (χ0) is 7.68. The molecule has 0 amide bonds. The molecule has 11 heavy (non-hydrogen) atoms. The Balaban J connectivity index is 1.79. The summed E-state index contributed by atoms with van der Waals surface area (Å²) in [5, 5.41) is 0. The Hall–Kier alpha value is 0.250. The Bertz CT molecular complexity index is 134. The normalized spacial score (nSPS) is 33.0. The lowest BCUT2D eigenvalue weighted by molar-refractivity contribution is 0.260. The Morgan fingerprint density at radius 2 is 2.09 bits per heavy atom. The number of rotatable bonds is 3. The van der Waals surface area contributed by atoms with Crippen LogP contribution in [0.4, 0.5) is 0 Å². The van der Waals surface area contributed by atoms with Gasteiger partial charge in [-0.05, 0) is 38.1 Å². The summed E-state index contributed by atoms with van der Waals surface area (Å²) in [4.78, 5) is 2.59. The van der Waals surface area contributed by atoms with E-state index >= 15 is 0 Å². The first-order chi connectivity index (χ1) is 5.40. The second-order valence-corrected chi connectivity index (χ2v) is 4.20. The lowest BCUT2D eigenvalue weighted by Crippen LogP contribution is -2.32. The van der Waals surface area contributed by atoms with E-state index in [0.717, 1.165) is 11.8 Å². The minimum absolute atomic E-state index is 0.706. The molecule has 0 radical (unpaired) electrons. The van der Waals surface area contributed by atoms with Crippen LogP contribution in [0.5, 0.6) is 0 Å². The molecular formula is C9H16ClN. The van der Waals surface area contributed by atoms with E-state index in [0.29, 0.717) is 6.04 Å². The molecule has 0 aromatic carbocycles. The topological polar surface area (TPSA) is 3.24 Å². The van der Waals surface area contributed by atoms with Crippen LogP contribution in [0.25, 0.3) is 0 Å². The highest BCUT2D eigenvalue weighted by molar-refractivity contribution is 6.18. The van der Waals surface area contributed by atoms with Gasteiger partial charge in [-0.3, -0.25) is 4.90 Å². The summed E-state index contributed by atoms with van der Waals surface area (Å²) in [6.45, 7) is 2.63. The number of alkyl halides is 1. The number of halogens is 1. The van der Waals surface area contributed by atoms with E-state index in [1.54, 1.807) is 0 Å². The highest BCUT2D eigenvalue weighted by atomic mass is 35.5. The molecule has 1 nitrogen and oxygen atoms in total. The molecule has 0 aromatic heterocycles. The molecule has 1 saturated carbocycles. The first-order valence-electron chi connectivity index (χ1n) is 4.70. The maximum absolute atomic E-state index is 5.86. The molecule has 1 atom stereocenters. The van der Waals surface area contributed by atoms with Gasteiger partial charge in [-0.1, -0.05) is 0 Å². The number of hydrogen-bond donors (Lipinski definition) is 0. The molecule has 0 unspecified atom stereocenters. The van der Waals surface area contributed by atoms with Crippen LogP contribution in [-0.2, 0) is 0 Å². The van der Waals surface area contributed by atoms with Gasteiger partial charge in [0.25, 0.3) is 0 Å². The fourth-order valence-corrected chi connectivity index (χ4v) is 2.29. The molecule has 64 valence electrons. The van der Waals surface area contributed by atoms with Crippen LogP contribution in [0.3, 0.4) is 0 Å². The van der Waals surface area contributed by atoms with Gasteiger partial charge in [-0.15, -0.1) is 11.6 Å². The van der Waals surface area contributed by atoms with E-state index in [1.807, 2.05) is 0 Å². The predicted molar refractivity (Wildman–Crippen MR) is 48.0 cm³/mol. The van der Waals surface area contributed by atoms with Crippen LogP contribution in [0.15, 0.2) is 0 Å². The fraction of sp³-hybridized carbons (Fsp3) is 1.00. The molecule has 0 bridgehead atoms. The lowest BCUT2D eigenvalue weighted by Gasteiger charge is -2.21. The SMILES string of the molecule is ClC[C@@H]1CCCN1CC1CC1. The number of hydrogen-bond acceptors (Lipinski definition) is 1. The van der Waals surface area contributed by atoms with Crippen LogP contribution in [0.2, 0.25) is 0 Å². The van der Waals surface area contributed by atoms with E-state index in [2.05, 4.69) is 4.90 Å². The molecule has 0 spiro atoms. The Morgan fingerprint density at radius 1 is 1.27 bits per heavy atom. The summed E-state index contributed by atoms with van der Waals surface area (Å²) in [6, 6.07) is 0.706. The van der Waals surface area contributed by atoms with Gasteiger partial charge >= 0.3 is 0 Å². The smallest absolute Gasteiger partial charge is 0.0379 e. The number of likely N-dealkylation sites (tertiary alicyclic amines) is 1. The van der Waals surface area contributed by atoms with Crippen LogP contribution in [-0.4, -0.2) is 29.9 Å². The summed E-state index contributed by atoms with van der Waals surface area (Å²) in [5.74, 6) is 1.87. The average molecular weight is 174 g/mol. The predicted octanol–water partition coefficient (Wildman–Crippen LogP) is 2.10. The third kappa shape index (κ3) is 1.88. The molecule has 1 aliphatic heterocycles. The van der Waals surface area contributed by atoms with Crippen LogP contribution >= 0.6 is 11.6 Å².